The van der Waals surface area contributed by atoms with E-state index in [1.807, 2.05) is 55.5 Å². The number of halogens is 3. The molecule has 0 fully saturated rings. The molecule has 3 rings (SSSR count). The number of methoxy groups -OCH3 is 1. The molecular weight excluding hydrogens is 633 g/mol. The fourth-order valence-corrected chi connectivity index (χ4v) is 5.21. The molecule has 1 atom stereocenters. The van der Waals surface area contributed by atoms with E-state index < -0.39 is 9.71 Å². The highest BCUT2D eigenvalue weighted by Crippen LogP contribution is 2.30. The zero-order chi connectivity index (χ0) is 33.8. The van der Waals surface area contributed by atoms with Crippen LogP contribution in [-0.4, -0.2) is 23.4 Å². The summed E-state index contributed by atoms with van der Waals surface area (Å²) in [5.41, 5.74) is 7.30. The molecule has 0 saturated carbocycles. The van der Waals surface area contributed by atoms with Crippen molar-refractivity contribution in [3.05, 3.63) is 111 Å². The average Bonchev–Trinajstić information content (AvgIpc) is 2.91. The molecule has 0 heterocycles. The van der Waals surface area contributed by atoms with Crippen LogP contribution in [0.2, 0.25) is 15.1 Å². The van der Waals surface area contributed by atoms with E-state index in [4.69, 9.17) is 39.5 Å². The van der Waals surface area contributed by atoms with Gasteiger partial charge >= 0.3 is 0 Å². The second-order valence-electron chi connectivity index (χ2n) is 11.4. The second kappa shape index (κ2) is 18.3. The summed E-state index contributed by atoms with van der Waals surface area (Å²) in [6.07, 6.45) is 1.58. The van der Waals surface area contributed by atoms with Crippen LogP contribution in [-0.2, 0) is 14.4 Å². The molecule has 0 aromatic heterocycles. The summed E-state index contributed by atoms with van der Waals surface area (Å²) < 4.78 is 19.5. The molecule has 0 aliphatic rings. The van der Waals surface area contributed by atoms with E-state index in [1.165, 1.54) is 5.56 Å². The quantitative estimate of drug-likeness (QED) is 0.147. The summed E-state index contributed by atoms with van der Waals surface area (Å²) in [5.74, 6) is 5.28. The summed E-state index contributed by atoms with van der Waals surface area (Å²) in [7, 11) is -0.655. The Morgan fingerprint density at radius 1 is 0.705 bits per heavy atom. The summed E-state index contributed by atoms with van der Waals surface area (Å²) in [6, 6.07) is 17.1. The minimum Gasteiger partial charge on any atom is -0.483 e. The normalized spacial score (nSPS) is 11.9. The van der Waals surface area contributed by atoms with Crippen LogP contribution < -0.4 is 15.4 Å². The first kappa shape index (κ1) is 39.3. The van der Waals surface area contributed by atoms with Gasteiger partial charge in [-0.05, 0) is 108 Å². The number of ether oxygens (including phenoxy) is 1. The predicted molar refractivity (Wildman–Crippen MR) is 200 cm³/mol. The molecule has 3 N–H and O–H groups in total. The number of benzene rings is 3. The van der Waals surface area contributed by atoms with Crippen molar-refractivity contribution in [3.63, 3.8) is 0 Å². The highest BCUT2D eigenvalue weighted by Gasteiger charge is 2.10. The van der Waals surface area contributed by atoms with Crippen LogP contribution >= 0.6 is 34.8 Å². The molecule has 3 aromatic carbocycles. The van der Waals surface area contributed by atoms with E-state index >= 15 is 0 Å². The molecule has 0 aliphatic carbocycles. The molecular formula is C35H48Cl3N3O2S. The maximum absolute atomic E-state index is 11.6. The highest BCUT2D eigenvalue weighted by molar-refractivity contribution is 8.00. The molecule has 5 nitrogen and oxygen atoms in total. The van der Waals surface area contributed by atoms with Crippen LogP contribution in [0.5, 0.6) is 0 Å². The number of rotatable bonds is 10. The fourth-order valence-electron chi connectivity index (χ4n) is 4.02. The fraction of sp³-hybridized carbons (Fsp3) is 0.343. The molecule has 44 heavy (non-hydrogen) atoms. The number of nitrogens with one attached hydrogen (secondary N) is 3. The molecule has 0 aliphatic heterocycles. The van der Waals surface area contributed by atoms with Crippen LogP contribution in [0, 0.1) is 0 Å². The zero-order valence-electron chi connectivity index (χ0n) is 27.4. The van der Waals surface area contributed by atoms with Crippen LogP contribution in [0.3, 0.4) is 0 Å². The summed E-state index contributed by atoms with van der Waals surface area (Å²) >= 11 is 17.8. The summed E-state index contributed by atoms with van der Waals surface area (Å²) in [6.45, 7) is 22.2. The molecule has 0 spiro atoms. The largest absolute Gasteiger partial charge is 0.483 e. The van der Waals surface area contributed by atoms with Gasteiger partial charge in [0.1, 0.15) is 0 Å². The van der Waals surface area contributed by atoms with Gasteiger partial charge in [-0.1, -0.05) is 82.9 Å². The van der Waals surface area contributed by atoms with Gasteiger partial charge in [0.05, 0.1) is 7.11 Å². The van der Waals surface area contributed by atoms with Crippen molar-refractivity contribution >= 4 is 67.4 Å². The minimum atomic E-state index is -2.24. The smallest absolute Gasteiger partial charge is 0.183 e. The number of allylic oxidation sites excluding steroid dienone is 1. The SMILES string of the molecule is C=C(C)Nc1ccc(Cl)cc1C(C)C.C=C(Nc1ccc(Cl)cc1C(C)C)OC.C=S(C)(=O)Nc1ccc(Cl)cc1C(C)C. The lowest BCUT2D eigenvalue weighted by molar-refractivity contribution is 0.299. The van der Waals surface area contributed by atoms with Gasteiger partial charge in [-0.3, -0.25) is 0 Å². The van der Waals surface area contributed by atoms with Crippen molar-refractivity contribution in [2.75, 3.05) is 28.7 Å². The number of anilines is 3. The number of hydrogen-bond acceptors (Lipinski definition) is 4. The standard InChI is InChI=1S/C12H16ClNO.C12H16ClN.C11H16ClNOS/c1-8(2)11-7-10(13)5-6-12(11)14-9(3)15-4;1-8(2)11-7-10(13)5-6-12(11)14-9(3)4;1-8(2)10-7-9(12)5-6-11(10)13-15(3,4)14/h5-8,14H,3H2,1-2,4H3;5-8,14H,3H2,1-2,4H3;5-8H,3H2,1-2,4H3,(H,13,14). The monoisotopic (exact) mass is 679 g/mol. The van der Waals surface area contributed by atoms with E-state index in [0.29, 0.717) is 28.7 Å². The van der Waals surface area contributed by atoms with Crippen LogP contribution in [0.4, 0.5) is 17.1 Å². The lowest BCUT2D eigenvalue weighted by Gasteiger charge is -2.15. The van der Waals surface area contributed by atoms with Crippen molar-refractivity contribution in [1.29, 1.82) is 0 Å². The van der Waals surface area contributed by atoms with Crippen molar-refractivity contribution < 1.29 is 8.95 Å². The van der Waals surface area contributed by atoms with Gasteiger partial charge in [-0.25, -0.2) is 4.21 Å². The van der Waals surface area contributed by atoms with Crippen molar-refractivity contribution in [1.82, 2.24) is 0 Å². The predicted octanol–water partition coefficient (Wildman–Crippen LogP) is 11.5. The average molecular weight is 681 g/mol. The maximum atomic E-state index is 11.6. The van der Waals surface area contributed by atoms with Gasteiger partial charge in [0.15, 0.2) is 5.88 Å². The first-order valence-corrected chi connectivity index (χ1v) is 17.5. The Bertz CT molecular complexity index is 1520. The lowest BCUT2D eigenvalue weighted by Crippen LogP contribution is -2.11. The Morgan fingerprint density at radius 3 is 1.36 bits per heavy atom. The topological polar surface area (TPSA) is 62.4 Å². The Labute approximate surface area is 281 Å². The Hall–Kier alpha value is -2.77. The Kier molecular flexibility index (Phi) is 16.3. The molecule has 242 valence electrons. The first-order chi connectivity index (χ1) is 20.3. The van der Waals surface area contributed by atoms with Gasteiger partial charge < -0.3 is 20.1 Å². The Morgan fingerprint density at radius 2 is 1.05 bits per heavy atom. The lowest BCUT2D eigenvalue weighted by atomic mass is 10.0. The maximum Gasteiger partial charge on any atom is 0.183 e. The minimum absolute atomic E-state index is 0.327. The van der Waals surface area contributed by atoms with E-state index in [-0.39, 0.29) is 0 Å². The van der Waals surface area contributed by atoms with Gasteiger partial charge in [-0.2, -0.15) is 0 Å². The van der Waals surface area contributed by atoms with Gasteiger partial charge in [0.2, 0.25) is 0 Å². The van der Waals surface area contributed by atoms with Gasteiger partial charge in [-0.15, -0.1) is 0 Å². The first-order valence-electron chi connectivity index (χ1n) is 14.2. The summed E-state index contributed by atoms with van der Waals surface area (Å²) in [4.78, 5) is 0. The van der Waals surface area contributed by atoms with Gasteiger partial charge in [0, 0.05) is 53.8 Å². The van der Waals surface area contributed by atoms with Crippen LogP contribution in [0.25, 0.3) is 0 Å². The second-order valence-corrected chi connectivity index (χ2v) is 14.9. The zero-order valence-corrected chi connectivity index (χ0v) is 30.5. The molecule has 1 unspecified atom stereocenters. The van der Waals surface area contributed by atoms with Crippen LogP contribution in [0.1, 0.15) is 82.9 Å². The van der Waals surface area contributed by atoms with E-state index in [1.54, 1.807) is 19.4 Å². The molecule has 0 saturated heterocycles. The third-order valence-corrected chi connectivity index (χ3v) is 7.46. The van der Waals surface area contributed by atoms with Gasteiger partial charge in [0.25, 0.3) is 0 Å². The highest BCUT2D eigenvalue weighted by atomic mass is 35.5. The Balaban J connectivity index is 0.000000330. The van der Waals surface area contributed by atoms with Crippen molar-refractivity contribution in [2.24, 2.45) is 0 Å². The van der Waals surface area contributed by atoms with Crippen molar-refractivity contribution in [3.8, 4) is 0 Å². The summed E-state index contributed by atoms with van der Waals surface area (Å²) in [5, 5.41) is 8.53. The third-order valence-electron chi connectivity index (χ3n) is 6.10. The third kappa shape index (κ3) is 14.3. The van der Waals surface area contributed by atoms with E-state index in [2.05, 4.69) is 75.9 Å². The molecule has 0 bridgehead atoms. The van der Waals surface area contributed by atoms with E-state index in [0.717, 1.165) is 43.9 Å². The van der Waals surface area contributed by atoms with Crippen LogP contribution in [0.15, 0.2) is 79.3 Å². The number of hydrogen-bond donors (Lipinski definition) is 3. The molecule has 0 amide bonds. The van der Waals surface area contributed by atoms with Crippen molar-refractivity contribution in [2.45, 2.75) is 66.2 Å². The van der Waals surface area contributed by atoms with E-state index in [9.17, 15) is 4.21 Å². The molecule has 9 heteroatoms. The molecule has 3 aromatic rings. The molecule has 0 radical (unpaired) electrons.